The number of imidazole rings is 4. The van der Waals surface area contributed by atoms with Gasteiger partial charge >= 0.3 is 42.1 Å². The van der Waals surface area contributed by atoms with Gasteiger partial charge in [0.15, 0.2) is 0 Å². The number of aryl methyl sites for hydroxylation is 4. The molecule has 0 aliphatic heterocycles. The number of aromatic nitrogens is 12. The van der Waals surface area contributed by atoms with Gasteiger partial charge in [-0.05, 0) is 69.6 Å². The van der Waals surface area contributed by atoms with Crippen LogP contribution in [0.25, 0.3) is 78.5 Å². The molecule has 14 heteroatoms. The van der Waals surface area contributed by atoms with Crippen LogP contribution in [0.2, 0.25) is 0 Å². The zero-order chi connectivity index (χ0) is 32.5. The monoisotopic (exact) mass is 1020 g/mol. The van der Waals surface area contributed by atoms with Crippen molar-refractivity contribution in [1.82, 2.24) is 57.3 Å². The number of rotatable bonds is 4. The predicted molar refractivity (Wildman–Crippen MR) is 184 cm³/mol. The molecule has 0 radical (unpaired) electrons. The molecule has 0 bridgehead atoms. The molecular formula is C36H28N12Pt2. The Morgan fingerprint density at radius 1 is 0.520 bits per heavy atom. The first-order valence-corrected chi connectivity index (χ1v) is 15.4. The summed E-state index contributed by atoms with van der Waals surface area (Å²) >= 11 is 0. The van der Waals surface area contributed by atoms with Crippen LogP contribution in [0.5, 0.6) is 0 Å². The first-order valence-electron chi connectivity index (χ1n) is 15.4. The summed E-state index contributed by atoms with van der Waals surface area (Å²) < 4.78 is 11.9. The summed E-state index contributed by atoms with van der Waals surface area (Å²) in [6.45, 7) is 0. The van der Waals surface area contributed by atoms with E-state index < -0.39 is 0 Å². The van der Waals surface area contributed by atoms with Gasteiger partial charge in [-0.2, -0.15) is 0 Å². The van der Waals surface area contributed by atoms with E-state index in [1.165, 1.54) is 0 Å². The minimum absolute atomic E-state index is 0. The molecule has 12 nitrogen and oxygen atoms in total. The van der Waals surface area contributed by atoms with Crippen LogP contribution in [0, 0.1) is 12.4 Å². The molecular weight excluding hydrogens is 991 g/mol. The van der Waals surface area contributed by atoms with Crippen molar-refractivity contribution in [3.8, 4) is 34.7 Å². The molecule has 0 N–H and O–H groups in total. The maximum Gasteiger partial charge on any atom is 2.00 e. The Labute approximate surface area is 314 Å². The number of fused-ring (bicyclic) bond motifs is 6. The largest absolute Gasteiger partial charge is 2.00 e. The second-order valence-corrected chi connectivity index (χ2v) is 11.8. The Morgan fingerprint density at radius 2 is 0.960 bits per heavy atom. The second kappa shape index (κ2) is 12.9. The molecule has 0 fully saturated rings. The summed E-state index contributed by atoms with van der Waals surface area (Å²) in [5, 5.41) is 4.48. The number of para-hydroxylation sites is 2. The van der Waals surface area contributed by atoms with Crippen molar-refractivity contribution >= 4 is 43.9 Å². The van der Waals surface area contributed by atoms with E-state index in [4.69, 9.17) is 9.97 Å². The van der Waals surface area contributed by atoms with Gasteiger partial charge in [-0.25, -0.2) is 9.97 Å². The van der Waals surface area contributed by atoms with Crippen molar-refractivity contribution in [3.63, 3.8) is 0 Å². The van der Waals surface area contributed by atoms with Gasteiger partial charge in [0.25, 0.3) is 0 Å². The molecule has 0 atom stereocenters. The van der Waals surface area contributed by atoms with Crippen LogP contribution in [0.4, 0.5) is 0 Å². The normalized spacial score (nSPS) is 11.3. The third-order valence-electron chi connectivity index (χ3n) is 8.82. The predicted octanol–water partition coefficient (Wildman–Crippen LogP) is 5.35. The van der Waals surface area contributed by atoms with Crippen molar-refractivity contribution in [2.45, 2.75) is 0 Å². The van der Waals surface area contributed by atoms with Crippen molar-refractivity contribution in [3.05, 3.63) is 110 Å². The van der Waals surface area contributed by atoms with Crippen molar-refractivity contribution in [1.29, 1.82) is 0 Å². The molecule has 0 amide bonds. The molecule has 0 unspecified atom stereocenters. The minimum atomic E-state index is 0. The zero-order valence-corrected chi connectivity index (χ0v) is 31.8. The Morgan fingerprint density at radius 3 is 1.32 bits per heavy atom. The molecule has 0 aliphatic carbocycles. The quantitative estimate of drug-likeness (QED) is 0.221. The van der Waals surface area contributed by atoms with E-state index in [-0.39, 0.29) is 42.1 Å². The molecule has 2 aromatic carbocycles. The second-order valence-electron chi connectivity index (χ2n) is 11.8. The minimum Gasteiger partial charge on any atom is -0.435 e. The molecule has 0 spiro atoms. The summed E-state index contributed by atoms with van der Waals surface area (Å²) in [5.74, 6) is 3.42. The molecule has 10 aromatic rings. The molecule has 8 heterocycles. The van der Waals surface area contributed by atoms with Crippen LogP contribution in [-0.2, 0) is 70.3 Å². The number of benzene rings is 2. The van der Waals surface area contributed by atoms with E-state index in [0.717, 1.165) is 78.5 Å². The van der Waals surface area contributed by atoms with Gasteiger partial charge in [0.2, 0.25) is 0 Å². The third-order valence-corrected chi connectivity index (χ3v) is 8.82. The van der Waals surface area contributed by atoms with E-state index in [1.807, 2.05) is 105 Å². The Hall–Kier alpha value is -5.18. The summed E-state index contributed by atoms with van der Waals surface area (Å²) in [6.07, 6.45) is 20.9. The van der Waals surface area contributed by atoms with Crippen LogP contribution in [0.15, 0.2) is 98.1 Å². The molecule has 10 rings (SSSR count). The fourth-order valence-electron chi connectivity index (χ4n) is 6.47. The molecule has 0 saturated carbocycles. The Kier molecular flexibility index (Phi) is 8.62. The molecule has 8 aromatic heterocycles. The van der Waals surface area contributed by atoms with Crippen LogP contribution in [0.3, 0.4) is 0 Å². The van der Waals surface area contributed by atoms with Crippen LogP contribution in [-0.4, -0.2) is 47.3 Å². The SMILES string of the molecule is Cn1c[c-]nc1-c1cccc2c1[n-]c1c2ccn1-c1nccn1C.Cn1c[c-]nc1-c1cccc2c1[n-]c1c2ccn1-c1nccn1C.[Pt+2].[Pt+2]. The molecule has 0 saturated heterocycles. The molecule has 252 valence electrons. The number of hydrogen-bond acceptors (Lipinski definition) is 4. The number of hydrogen-bond donors (Lipinski definition) is 0. The van der Waals surface area contributed by atoms with E-state index in [1.54, 1.807) is 12.4 Å². The first kappa shape index (κ1) is 33.3. The zero-order valence-electron chi connectivity index (χ0n) is 27.2. The average molecular weight is 1020 g/mol. The van der Waals surface area contributed by atoms with Gasteiger partial charge in [0.1, 0.15) is 11.9 Å². The summed E-state index contributed by atoms with van der Waals surface area (Å²) in [6, 6.07) is 16.6. The first-order chi connectivity index (χ1) is 23.5. The van der Waals surface area contributed by atoms with E-state index in [0.29, 0.717) is 0 Å². The Bertz CT molecular complexity index is 2570. The van der Waals surface area contributed by atoms with Gasteiger partial charge < -0.3 is 47.3 Å². The maximum absolute atomic E-state index is 4.91. The summed E-state index contributed by atoms with van der Waals surface area (Å²) in [7, 11) is 7.89. The fourth-order valence-corrected chi connectivity index (χ4v) is 6.47. The average Bonchev–Trinajstić information content (AvgIpc) is 3.92. The van der Waals surface area contributed by atoms with Gasteiger partial charge in [-0.15, -0.1) is 12.4 Å². The van der Waals surface area contributed by atoms with E-state index >= 15 is 0 Å². The van der Waals surface area contributed by atoms with Gasteiger partial charge in [0.05, 0.1) is 0 Å². The van der Waals surface area contributed by atoms with Crippen LogP contribution >= 0.6 is 0 Å². The van der Waals surface area contributed by atoms with Gasteiger partial charge in [0, 0.05) is 38.9 Å². The van der Waals surface area contributed by atoms with Crippen molar-refractivity contribution in [2.75, 3.05) is 0 Å². The van der Waals surface area contributed by atoms with Crippen LogP contribution in [0.1, 0.15) is 0 Å². The van der Waals surface area contributed by atoms with Crippen molar-refractivity contribution < 1.29 is 42.1 Å². The molecule has 50 heavy (non-hydrogen) atoms. The number of nitrogens with zero attached hydrogens (tertiary/aromatic N) is 12. The van der Waals surface area contributed by atoms with E-state index in [2.05, 4.69) is 68.7 Å². The third kappa shape index (κ3) is 5.13. The fraction of sp³-hybridized carbons (Fsp3) is 0.111. The topological polar surface area (TPSA) is 109 Å². The standard InChI is InChI=1S/2C18H14N6.2Pt/c2*1-22-10-7-19-16(22)14-5-3-4-12-13-6-9-24(17(13)21-15(12)14)18-20-8-11-23(18)2;;/h2*3-6,8-11H,1-2H3;;/q2*-2;2*+2. The Balaban J connectivity index is 0.000000151. The maximum atomic E-state index is 4.91. The summed E-state index contributed by atoms with van der Waals surface area (Å²) in [4.78, 5) is 27.4. The van der Waals surface area contributed by atoms with E-state index in [9.17, 15) is 0 Å². The molecule has 0 aliphatic rings. The van der Waals surface area contributed by atoms with Gasteiger partial charge in [-0.3, -0.25) is 0 Å². The van der Waals surface area contributed by atoms with Crippen LogP contribution < -0.4 is 9.97 Å². The van der Waals surface area contributed by atoms with Gasteiger partial charge in [-0.1, -0.05) is 84.4 Å². The van der Waals surface area contributed by atoms with Crippen molar-refractivity contribution in [2.24, 2.45) is 28.2 Å². The smallest absolute Gasteiger partial charge is 0.435 e. The summed E-state index contributed by atoms with van der Waals surface area (Å²) in [5.41, 5.74) is 5.75.